The molecule has 2 heterocycles. The second kappa shape index (κ2) is 14.3. The van der Waals surface area contributed by atoms with Crippen LogP contribution in [0.5, 0.6) is 11.5 Å². The molecule has 0 N–H and O–H groups in total. The van der Waals surface area contributed by atoms with Crippen molar-refractivity contribution in [3.05, 3.63) is 84.2 Å². The number of carbonyl (C=O) groups excluding carboxylic acids is 1. The van der Waals surface area contributed by atoms with Crippen LogP contribution >= 0.6 is 0 Å². The van der Waals surface area contributed by atoms with Gasteiger partial charge in [0.2, 0.25) is 0 Å². The van der Waals surface area contributed by atoms with Crippen LogP contribution in [0.4, 0.5) is 15.8 Å². The first-order valence-electron chi connectivity index (χ1n) is 14.7. The van der Waals surface area contributed by atoms with E-state index >= 15 is 0 Å². The van der Waals surface area contributed by atoms with E-state index in [0.717, 1.165) is 50.8 Å². The molecular formula is C33H40FN3O3. The number of piperidine rings is 2. The maximum atomic E-state index is 13.7. The van der Waals surface area contributed by atoms with Crippen LogP contribution in [0.3, 0.4) is 0 Å². The average Bonchev–Trinajstić information content (AvgIpc) is 3.00. The first-order valence-corrected chi connectivity index (χ1v) is 14.7. The predicted octanol–water partition coefficient (Wildman–Crippen LogP) is 6.53. The van der Waals surface area contributed by atoms with Crippen molar-refractivity contribution in [3.63, 3.8) is 0 Å². The lowest BCUT2D eigenvalue weighted by molar-refractivity contribution is 0.0999. The lowest BCUT2D eigenvalue weighted by Gasteiger charge is -2.26. The molecule has 2 fully saturated rings. The van der Waals surface area contributed by atoms with Gasteiger partial charge in [0.05, 0.1) is 0 Å². The zero-order valence-electron chi connectivity index (χ0n) is 23.3. The minimum atomic E-state index is -0.348. The molecule has 0 radical (unpaired) electrons. The largest absolute Gasteiger partial charge is 0.492 e. The third-order valence-electron chi connectivity index (χ3n) is 7.73. The molecule has 40 heavy (non-hydrogen) atoms. The smallest absolute Gasteiger partial charge is 0.262 e. The van der Waals surface area contributed by atoms with Crippen LogP contribution in [0.2, 0.25) is 0 Å². The number of anilines is 2. The van der Waals surface area contributed by atoms with Crippen LogP contribution in [0.1, 0.15) is 48.9 Å². The standard InChI is InChI=1S/C33H40FN3O3/c34-28-9-11-29(12-10-28)37(30-13-17-32(18-14-30)40-26-24-36-21-5-2-6-22-36)33(38)27-7-15-31(16-8-27)39-25-23-35-19-3-1-4-20-35/h7-18H,1-6,19-26H2. The van der Waals surface area contributed by atoms with Crippen molar-refractivity contribution in [1.29, 1.82) is 0 Å². The molecule has 212 valence electrons. The molecule has 0 saturated carbocycles. The fourth-order valence-corrected chi connectivity index (χ4v) is 5.44. The summed E-state index contributed by atoms with van der Waals surface area (Å²) in [7, 11) is 0. The topological polar surface area (TPSA) is 45.3 Å². The number of nitrogens with zero attached hydrogens (tertiary/aromatic N) is 3. The number of carbonyl (C=O) groups is 1. The molecule has 3 aromatic carbocycles. The summed E-state index contributed by atoms with van der Waals surface area (Å²) in [6.45, 7) is 7.65. The van der Waals surface area contributed by atoms with Gasteiger partial charge in [-0.25, -0.2) is 4.39 Å². The molecule has 0 aromatic heterocycles. The summed E-state index contributed by atoms with van der Waals surface area (Å²) in [4.78, 5) is 20.2. The average molecular weight is 546 g/mol. The highest BCUT2D eigenvalue weighted by molar-refractivity contribution is 6.11. The number of hydrogen-bond acceptors (Lipinski definition) is 5. The van der Waals surface area contributed by atoms with Crippen molar-refractivity contribution in [2.24, 2.45) is 0 Å². The zero-order valence-corrected chi connectivity index (χ0v) is 23.3. The van der Waals surface area contributed by atoms with Crippen molar-refractivity contribution < 1.29 is 18.7 Å². The fourth-order valence-electron chi connectivity index (χ4n) is 5.44. The molecule has 0 aliphatic carbocycles. The molecule has 3 aromatic rings. The van der Waals surface area contributed by atoms with Gasteiger partial charge in [0.25, 0.3) is 5.91 Å². The number of rotatable bonds is 11. The van der Waals surface area contributed by atoms with E-state index in [9.17, 15) is 9.18 Å². The Morgan fingerprint density at radius 2 is 1.05 bits per heavy atom. The quantitative estimate of drug-likeness (QED) is 0.274. The van der Waals surface area contributed by atoms with Crippen LogP contribution < -0.4 is 14.4 Å². The predicted molar refractivity (Wildman–Crippen MR) is 157 cm³/mol. The second-order valence-electron chi connectivity index (χ2n) is 10.6. The molecule has 0 atom stereocenters. The van der Waals surface area contributed by atoms with E-state index in [1.54, 1.807) is 29.2 Å². The highest BCUT2D eigenvalue weighted by atomic mass is 19.1. The van der Waals surface area contributed by atoms with Crippen LogP contribution in [0.25, 0.3) is 0 Å². The van der Waals surface area contributed by atoms with Crippen molar-refractivity contribution in [3.8, 4) is 11.5 Å². The van der Waals surface area contributed by atoms with E-state index in [4.69, 9.17) is 9.47 Å². The maximum absolute atomic E-state index is 13.7. The number of halogens is 1. The Kier molecular flexibility index (Phi) is 10.0. The van der Waals surface area contributed by atoms with E-state index in [-0.39, 0.29) is 11.7 Å². The Balaban J connectivity index is 1.23. The number of likely N-dealkylation sites (tertiary alicyclic amines) is 2. The minimum absolute atomic E-state index is 0.203. The Morgan fingerprint density at radius 1 is 0.625 bits per heavy atom. The minimum Gasteiger partial charge on any atom is -0.492 e. The maximum Gasteiger partial charge on any atom is 0.262 e. The van der Waals surface area contributed by atoms with Gasteiger partial charge in [-0.3, -0.25) is 19.5 Å². The number of hydrogen-bond donors (Lipinski definition) is 0. The molecule has 0 spiro atoms. The third kappa shape index (κ3) is 7.83. The van der Waals surface area contributed by atoms with Crippen LogP contribution in [0.15, 0.2) is 72.8 Å². The van der Waals surface area contributed by atoms with Gasteiger partial charge in [-0.05, 0) is 125 Å². The summed E-state index contributed by atoms with van der Waals surface area (Å²) in [6.07, 6.45) is 7.68. The van der Waals surface area contributed by atoms with E-state index in [0.29, 0.717) is 30.2 Å². The molecule has 2 aliphatic rings. The highest BCUT2D eigenvalue weighted by Gasteiger charge is 2.21. The molecule has 5 rings (SSSR count). The summed E-state index contributed by atoms with van der Waals surface area (Å²) in [6, 6.07) is 20.7. The number of benzene rings is 3. The second-order valence-corrected chi connectivity index (χ2v) is 10.6. The molecule has 2 saturated heterocycles. The van der Waals surface area contributed by atoms with E-state index < -0.39 is 0 Å². The third-order valence-corrected chi connectivity index (χ3v) is 7.73. The first kappa shape index (κ1) is 28.1. The van der Waals surface area contributed by atoms with E-state index in [1.807, 2.05) is 36.4 Å². The SMILES string of the molecule is O=C(c1ccc(OCCN2CCCCC2)cc1)N(c1ccc(F)cc1)c1ccc(OCCN2CCCCC2)cc1. The van der Waals surface area contributed by atoms with Crippen LogP contribution in [0, 0.1) is 5.82 Å². The summed E-state index contributed by atoms with van der Waals surface area (Å²) in [5.41, 5.74) is 1.79. The molecule has 0 unspecified atom stereocenters. The van der Waals surface area contributed by atoms with E-state index in [1.165, 1.54) is 50.7 Å². The fraction of sp³-hybridized carbons (Fsp3) is 0.424. The van der Waals surface area contributed by atoms with Gasteiger partial charge >= 0.3 is 0 Å². The summed E-state index contributed by atoms with van der Waals surface area (Å²) < 4.78 is 25.6. The lowest BCUT2D eigenvalue weighted by Crippen LogP contribution is -2.33. The Hall–Kier alpha value is -3.42. The van der Waals surface area contributed by atoms with Gasteiger partial charge in [0.15, 0.2) is 0 Å². The monoisotopic (exact) mass is 545 g/mol. The van der Waals surface area contributed by atoms with Crippen molar-refractivity contribution in [2.75, 3.05) is 57.4 Å². The normalized spacial score (nSPS) is 16.4. The first-order chi connectivity index (χ1) is 19.7. The Bertz CT molecular complexity index is 1190. The zero-order chi connectivity index (χ0) is 27.6. The summed E-state index contributed by atoms with van der Waals surface area (Å²) >= 11 is 0. The molecule has 1 amide bonds. The summed E-state index contributed by atoms with van der Waals surface area (Å²) in [5.74, 6) is 0.955. The van der Waals surface area contributed by atoms with Gasteiger partial charge in [-0.1, -0.05) is 12.8 Å². The van der Waals surface area contributed by atoms with Gasteiger partial charge in [-0.15, -0.1) is 0 Å². The van der Waals surface area contributed by atoms with Crippen molar-refractivity contribution in [1.82, 2.24) is 9.80 Å². The van der Waals surface area contributed by atoms with Gasteiger partial charge in [0, 0.05) is 30.0 Å². The molecular weight excluding hydrogens is 505 g/mol. The summed E-state index contributed by atoms with van der Waals surface area (Å²) in [5, 5.41) is 0. The van der Waals surface area contributed by atoms with Crippen LogP contribution in [-0.4, -0.2) is 68.2 Å². The van der Waals surface area contributed by atoms with Gasteiger partial charge in [-0.2, -0.15) is 0 Å². The molecule has 7 heteroatoms. The Morgan fingerprint density at radius 3 is 1.52 bits per heavy atom. The van der Waals surface area contributed by atoms with Crippen molar-refractivity contribution in [2.45, 2.75) is 38.5 Å². The number of amides is 1. The van der Waals surface area contributed by atoms with Crippen molar-refractivity contribution >= 4 is 17.3 Å². The molecule has 2 aliphatic heterocycles. The lowest BCUT2D eigenvalue weighted by atomic mass is 10.1. The Labute approximate surface area is 237 Å². The number of ether oxygens (including phenoxy) is 2. The van der Waals surface area contributed by atoms with Gasteiger partial charge < -0.3 is 9.47 Å². The molecule has 6 nitrogen and oxygen atoms in total. The highest BCUT2D eigenvalue weighted by Crippen LogP contribution is 2.30. The van der Waals surface area contributed by atoms with Crippen LogP contribution in [-0.2, 0) is 0 Å². The molecule has 0 bridgehead atoms. The van der Waals surface area contributed by atoms with E-state index in [2.05, 4.69) is 9.80 Å². The van der Waals surface area contributed by atoms with Gasteiger partial charge in [0.1, 0.15) is 30.5 Å².